The Kier molecular flexibility index (Phi) is 30.0. The fourth-order valence-electron chi connectivity index (χ4n) is 12.2. The maximum Gasteiger partial charge on any atom is 0.246 e. The number of aromatic hydroxyl groups is 2. The standard InChI is InChI=1S/C73H104N16O17/c1-12-18-49-63(99)87-73(10,11)70(106)84-48(58(74)95)20-13-14-32-75-55(94)23-15-21-50(79-41(4)91)61(97)86-57(71(5,6)7)67(103)83-53(36-43-26-30-46(93)31-27-43)68(104)89-34-17-22-54(89)65(101)85-56(40(3)90)66(102)82-52(37-44-38-77-59-47(44)19-16-33-76-59)64(100)88-72(8,9)69(105)78-39(2)60(96)81-51(62(98)80-49)35-42-24-28-45(92)29-25-42/h16,19,24-31,33,38-40,48-54,56-57,90,92-93H,12-15,17-18,20-23,32,34-37H2,1-11H3,(H2,74,95)(H,75,94)(H,76,77)(H,78,105)(H,79,91)(H,80,98)(H,81,96)(H,82,102)(H,83,103)(H,84,106)(H,85,101)(H,86,97)(H,87,99)(H,88,100)/t39-,40+,48-,49-,50-,51-,52-,53-,54-,56-,57+/m0/s1. The molecule has 33 heteroatoms. The van der Waals surface area contributed by atoms with E-state index >= 15 is 4.79 Å². The second-order valence-electron chi connectivity index (χ2n) is 29.3. The monoisotopic (exact) mass is 1480 g/mol. The zero-order valence-electron chi connectivity index (χ0n) is 61.9. The Hall–Kier alpha value is -10.7. The smallest absolute Gasteiger partial charge is 0.246 e. The molecule has 4 heterocycles. The molecule has 2 aliphatic heterocycles. The van der Waals surface area contributed by atoms with Gasteiger partial charge < -0.3 is 94.7 Å². The molecule has 0 unspecified atom stereocenters. The van der Waals surface area contributed by atoms with Gasteiger partial charge in [0.1, 0.15) is 88.6 Å². The number of H-pyrrole nitrogens is 1. The number of fused-ring (bicyclic) bond motifs is 2. The Labute approximate surface area is 615 Å². The van der Waals surface area contributed by atoms with Gasteiger partial charge in [0.2, 0.25) is 82.7 Å². The fourth-order valence-corrected chi connectivity index (χ4v) is 12.2. The van der Waals surface area contributed by atoms with Crippen molar-refractivity contribution in [3.05, 3.63) is 89.7 Å². The van der Waals surface area contributed by atoms with Crippen LogP contribution >= 0.6 is 0 Å². The summed E-state index contributed by atoms with van der Waals surface area (Å²) in [6, 6.07) is 0.627. The number of phenolic OH excluding ortho intramolecular Hbond substituents is 2. The quantitative estimate of drug-likeness (QED) is 0.0889. The molecule has 6 rings (SSSR count). The van der Waals surface area contributed by atoms with E-state index in [4.69, 9.17) is 5.73 Å². The van der Waals surface area contributed by atoms with Crippen LogP contribution < -0.4 is 69.5 Å². The number of carbonyl (C=O) groups excluding carboxylic acids is 14. The molecule has 0 saturated carbocycles. The normalized spacial score (nSPS) is 25.2. The zero-order valence-corrected chi connectivity index (χ0v) is 61.9. The number of nitrogens with zero attached hydrogens (tertiary/aromatic N) is 2. The summed E-state index contributed by atoms with van der Waals surface area (Å²) in [6.07, 6.45) is 1.90. The minimum absolute atomic E-state index is 0.0209. The van der Waals surface area contributed by atoms with Crippen LogP contribution in [0.1, 0.15) is 157 Å². The number of hydrogen-bond acceptors (Lipinski definition) is 18. The molecule has 578 valence electrons. The van der Waals surface area contributed by atoms with Crippen LogP contribution in [0.5, 0.6) is 11.5 Å². The van der Waals surface area contributed by atoms with E-state index in [1.54, 1.807) is 46.0 Å². The Bertz CT molecular complexity index is 3830. The number of nitrogens with one attached hydrogen (secondary N) is 13. The number of aromatic nitrogens is 2. The van der Waals surface area contributed by atoms with Crippen molar-refractivity contribution in [3.63, 3.8) is 0 Å². The summed E-state index contributed by atoms with van der Waals surface area (Å²) in [7, 11) is 0. The summed E-state index contributed by atoms with van der Waals surface area (Å²) in [6.45, 7) is 15.8. The van der Waals surface area contributed by atoms with Crippen LogP contribution in [-0.4, -0.2) is 204 Å². The molecule has 2 saturated heterocycles. The van der Waals surface area contributed by atoms with E-state index in [1.807, 2.05) is 0 Å². The number of nitrogens with two attached hydrogens (primary N) is 1. The third kappa shape index (κ3) is 24.4. The maximum atomic E-state index is 15.1. The number of carbonyl (C=O) groups is 14. The van der Waals surface area contributed by atoms with E-state index in [9.17, 15) is 77.6 Å². The Morgan fingerprint density at radius 2 is 1.21 bits per heavy atom. The van der Waals surface area contributed by atoms with Crippen molar-refractivity contribution < 1.29 is 82.4 Å². The van der Waals surface area contributed by atoms with Crippen LogP contribution in [-0.2, 0) is 86.4 Å². The minimum Gasteiger partial charge on any atom is -0.508 e. The van der Waals surface area contributed by atoms with Crippen molar-refractivity contribution in [2.75, 3.05) is 13.1 Å². The van der Waals surface area contributed by atoms with E-state index in [1.165, 1.54) is 108 Å². The number of rotatable bonds is 11. The largest absolute Gasteiger partial charge is 0.508 e. The van der Waals surface area contributed by atoms with Crippen LogP contribution in [0.3, 0.4) is 0 Å². The molecule has 0 radical (unpaired) electrons. The summed E-state index contributed by atoms with van der Waals surface area (Å²) in [5.74, 6) is -11.8. The minimum atomic E-state index is -1.90. The molecule has 33 nitrogen and oxygen atoms in total. The molecular weight excluding hydrogens is 1370 g/mol. The highest BCUT2D eigenvalue weighted by molar-refractivity contribution is 6.01. The van der Waals surface area contributed by atoms with Gasteiger partial charge in [0.05, 0.1) is 6.10 Å². The number of aliphatic hydroxyl groups is 1. The summed E-state index contributed by atoms with van der Waals surface area (Å²) in [4.78, 5) is 206. The highest BCUT2D eigenvalue weighted by Gasteiger charge is 2.44. The molecule has 18 N–H and O–H groups in total. The molecule has 0 aliphatic carbocycles. The van der Waals surface area contributed by atoms with Crippen LogP contribution in [0.2, 0.25) is 0 Å². The lowest BCUT2D eigenvalue weighted by atomic mass is 9.85. The first-order chi connectivity index (χ1) is 49.8. The Balaban J connectivity index is 1.33. The first-order valence-electron chi connectivity index (χ1n) is 35.7. The maximum absolute atomic E-state index is 15.1. The summed E-state index contributed by atoms with van der Waals surface area (Å²) >= 11 is 0. The van der Waals surface area contributed by atoms with Crippen molar-refractivity contribution in [1.29, 1.82) is 0 Å². The number of primary amides is 1. The molecule has 2 aromatic carbocycles. The molecule has 2 aromatic heterocycles. The van der Waals surface area contributed by atoms with Crippen molar-refractivity contribution in [1.82, 2.24) is 78.7 Å². The number of amides is 14. The van der Waals surface area contributed by atoms with Crippen LogP contribution in [0.25, 0.3) is 11.0 Å². The highest BCUT2D eigenvalue weighted by Crippen LogP contribution is 2.25. The van der Waals surface area contributed by atoms with Gasteiger partial charge in [0, 0.05) is 63.5 Å². The SMILES string of the molecule is CCC[C@@H]1NC(=O)[C@H](Cc2ccc(O)cc2)NC(=O)[C@H](C)NC(=O)C(C)(C)NC(=O)[C@H](Cc2c[nH]c3ncccc23)NC(=O)[C@H]([C@@H](C)O)NC(=O)[C@@H]2CCCN2C(=O)[C@H](Cc2ccc(O)cc2)NC(=O)[C@H](C(C)(C)C)NC(=O)[C@@H](NC(C)=O)CCCC(=O)NCCCC[C@@H](C(N)=O)NC(=O)C(C)(C)NC1=O. The molecule has 0 bridgehead atoms. The third-order valence-corrected chi connectivity index (χ3v) is 18.3. The van der Waals surface area contributed by atoms with Gasteiger partial charge in [0.25, 0.3) is 0 Å². The number of aliphatic hydroxyl groups excluding tert-OH is 1. The van der Waals surface area contributed by atoms with Crippen LogP contribution in [0.4, 0.5) is 0 Å². The van der Waals surface area contributed by atoms with Gasteiger partial charge in [-0.1, -0.05) is 58.4 Å². The molecule has 2 aliphatic rings. The predicted octanol–water partition coefficient (Wildman–Crippen LogP) is -0.632. The Morgan fingerprint density at radius 3 is 1.79 bits per heavy atom. The number of phenols is 2. The van der Waals surface area contributed by atoms with E-state index in [0.29, 0.717) is 40.6 Å². The second-order valence-corrected chi connectivity index (χ2v) is 29.3. The molecule has 2 fully saturated rings. The van der Waals surface area contributed by atoms with Gasteiger partial charge >= 0.3 is 0 Å². The van der Waals surface area contributed by atoms with Crippen molar-refractivity contribution in [2.24, 2.45) is 11.1 Å². The third-order valence-electron chi connectivity index (χ3n) is 18.3. The summed E-state index contributed by atoms with van der Waals surface area (Å²) < 4.78 is 0. The van der Waals surface area contributed by atoms with E-state index in [-0.39, 0.29) is 95.2 Å². The average Bonchev–Trinajstić information content (AvgIpc) is 1.19. The highest BCUT2D eigenvalue weighted by atomic mass is 16.3. The molecule has 4 aromatic rings. The van der Waals surface area contributed by atoms with Gasteiger partial charge in [-0.15, -0.1) is 0 Å². The molecule has 11 atom stereocenters. The summed E-state index contributed by atoms with van der Waals surface area (Å²) in [5.41, 5.74) is 2.83. The summed E-state index contributed by atoms with van der Waals surface area (Å²) in [5, 5.41) is 63.9. The molecule has 0 spiro atoms. The zero-order chi connectivity index (χ0) is 78.5. The molecular formula is C73H104N16O17. The van der Waals surface area contributed by atoms with Gasteiger partial charge in [0.15, 0.2) is 0 Å². The van der Waals surface area contributed by atoms with Crippen LogP contribution in [0.15, 0.2) is 73.1 Å². The van der Waals surface area contributed by atoms with Crippen molar-refractivity contribution in [3.8, 4) is 11.5 Å². The lowest BCUT2D eigenvalue weighted by Gasteiger charge is -2.34. The predicted molar refractivity (Wildman–Crippen MR) is 387 cm³/mol. The van der Waals surface area contributed by atoms with E-state index < -0.39 is 166 Å². The number of aromatic amines is 1. The van der Waals surface area contributed by atoms with E-state index in [0.717, 1.165) is 0 Å². The molecule has 106 heavy (non-hydrogen) atoms. The second kappa shape index (κ2) is 37.8. The van der Waals surface area contributed by atoms with Gasteiger partial charge in [-0.2, -0.15) is 0 Å². The lowest BCUT2D eigenvalue weighted by Crippen LogP contribution is -2.64. The van der Waals surface area contributed by atoms with Gasteiger partial charge in [-0.3, -0.25) is 67.1 Å². The lowest BCUT2D eigenvalue weighted by molar-refractivity contribution is -0.143. The molecule has 14 amide bonds. The van der Waals surface area contributed by atoms with Gasteiger partial charge in [-0.25, -0.2) is 4.98 Å². The first kappa shape index (κ1) is 84.2. The fraction of sp³-hybridized carbons (Fsp3) is 0.548. The Morgan fingerprint density at radius 1 is 0.642 bits per heavy atom. The number of pyridine rings is 1. The van der Waals surface area contributed by atoms with Crippen molar-refractivity contribution in [2.45, 2.75) is 237 Å². The average molecular weight is 1480 g/mol. The first-order valence-corrected chi connectivity index (χ1v) is 35.7. The van der Waals surface area contributed by atoms with Gasteiger partial charge in [-0.05, 0) is 151 Å². The topological polar surface area (TPSA) is 502 Å². The van der Waals surface area contributed by atoms with Crippen molar-refractivity contribution >= 4 is 93.7 Å². The van der Waals surface area contributed by atoms with E-state index in [2.05, 4.69) is 73.8 Å². The van der Waals surface area contributed by atoms with Crippen LogP contribution in [0, 0.1) is 5.41 Å². The number of hydrogen-bond donors (Lipinski definition) is 17. The number of benzene rings is 2.